The summed E-state index contributed by atoms with van der Waals surface area (Å²) in [5.41, 5.74) is 1.09. The van der Waals surface area contributed by atoms with Crippen molar-refractivity contribution in [2.24, 2.45) is 0 Å². The van der Waals surface area contributed by atoms with Gasteiger partial charge in [0.15, 0.2) is 0 Å². The summed E-state index contributed by atoms with van der Waals surface area (Å²) >= 11 is 0. The lowest BCUT2D eigenvalue weighted by Gasteiger charge is -2.16. The molecule has 0 saturated heterocycles. The first-order chi connectivity index (χ1) is 9.71. The molecule has 5 nitrogen and oxygen atoms in total. The topological polar surface area (TPSA) is 49.0 Å². The lowest BCUT2D eigenvalue weighted by molar-refractivity contribution is 0.0711. The third kappa shape index (κ3) is 5.77. The largest absolute Gasteiger partial charge is 0.497 e. The first-order valence-corrected chi connectivity index (χ1v) is 6.73. The maximum atomic E-state index is 5.81. The van der Waals surface area contributed by atoms with Crippen molar-refractivity contribution in [1.82, 2.24) is 5.32 Å². The van der Waals surface area contributed by atoms with E-state index >= 15 is 0 Å². The maximum absolute atomic E-state index is 5.81. The van der Waals surface area contributed by atoms with E-state index < -0.39 is 0 Å². The predicted molar refractivity (Wildman–Crippen MR) is 78.5 cm³/mol. The zero-order chi connectivity index (χ0) is 14.8. The molecule has 0 amide bonds. The molecular formula is C15H25NO4. The molecule has 114 valence electrons. The second kappa shape index (κ2) is 9.58. The molecule has 0 aliphatic carbocycles. The number of hydrogen-bond donors (Lipinski definition) is 1. The van der Waals surface area contributed by atoms with Gasteiger partial charge in [-0.15, -0.1) is 0 Å². The van der Waals surface area contributed by atoms with Crippen LogP contribution < -0.4 is 14.8 Å². The molecule has 5 heteroatoms. The summed E-state index contributed by atoms with van der Waals surface area (Å²) in [6.07, 6.45) is 0.0514. The maximum Gasteiger partial charge on any atom is 0.127 e. The van der Waals surface area contributed by atoms with Gasteiger partial charge in [-0.3, -0.25) is 0 Å². The van der Waals surface area contributed by atoms with Crippen LogP contribution in [0.5, 0.6) is 11.5 Å². The van der Waals surface area contributed by atoms with Gasteiger partial charge in [0.05, 0.1) is 19.8 Å². The van der Waals surface area contributed by atoms with E-state index in [1.54, 1.807) is 21.3 Å². The number of benzene rings is 1. The molecule has 1 rings (SSSR count). The van der Waals surface area contributed by atoms with E-state index in [2.05, 4.69) is 5.32 Å². The summed E-state index contributed by atoms with van der Waals surface area (Å²) in [6, 6.07) is 5.83. The van der Waals surface area contributed by atoms with Crippen LogP contribution in [0.3, 0.4) is 0 Å². The van der Waals surface area contributed by atoms with E-state index in [1.807, 2.05) is 25.1 Å². The van der Waals surface area contributed by atoms with Crippen molar-refractivity contribution in [3.63, 3.8) is 0 Å². The molecule has 1 unspecified atom stereocenters. The number of nitrogens with one attached hydrogen (secondary N) is 1. The monoisotopic (exact) mass is 283 g/mol. The van der Waals surface area contributed by atoms with E-state index in [-0.39, 0.29) is 6.10 Å². The number of hydrogen-bond acceptors (Lipinski definition) is 5. The molecule has 0 aromatic heterocycles. The molecule has 0 saturated carbocycles. The fourth-order valence-electron chi connectivity index (χ4n) is 1.61. The normalized spacial score (nSPS) is 12.2. The summed E-state index contributed by atoms with van der Waals surface area (Å²) < 4.78 is 21.3. The highest BCUT2D eigenvalue weighted by atomic mass is 16.5. The first-order valence-electron chi connectivity index (χ1n) is 6.73. The van der Waals surface area contributed by atoms with Crippen molar-refractivity contribution in [2.45, 2.75) is 19.6 Å². The van der Waals surface area contributed by atoms with E-state index in [4.69, 9.17) is 18.9 Å². The van der Waals surface area contributed by atoms with E-state index in [0.29, 0.717) is 13.2 Å². The highest BCUT2D eigenvalue weighted by molar-refractivity contribution is 5.40. The van der Waals surface area contributed by atoms with Crippen molar-refractivity contribution in [3.05, 3.63) is 23.8 Å². The fourth-order valence-corrected chi connectivity index (χ4v) is 1.61. The highest BCUT2D eigenvalue weighted by Crippen LogP contribution is 2.25. The van der Waals surface area contributed by atoms with Gasteiger partial charge in [0.2, 0.25) is 0 Å². The molecule has 1 aromatic carbocycles. The Labute approximate surface area is 121 Å². The minimum atomic E-state index is 0.0514. The molecule has 0 spiro atoms. The van der Waals surface area contributed by atoms with Crippen LogP contribution >= 0.6 is 0 Å². The third-order valence-corrected chi connectivity index (χ3v) is 2.95. The molecule has 0 heterocycles. The fraction of sp³-hybridized carbons (Fsp3) is 0.600. The van der Waals surface area contributed by atoms with Crippen molar-refractivity contribution in [2.75, 3.05) is 41.1 Å². The summed E-state index contributed by atoms with van der Waals surface area (Å²) in [4.78, 5) is 0. The van der Waals surface area contributed by atoms with E-state index in [1.165, 1.54) is 0 Å². The predicted octanol–water partition coefficient (Wildman–Crippen LogP) is 1.84. The van der Waals surface area contributed by atoms with Gasteiger partial charge in [0.25, 0.3) is 0 Å². The van der Waals surface area contributed by atoms with Crippen molar-refractivity contribution < 1.29 is 18.9 Å². The second-order valence-corrected chi connectivity index (χ2v) is 4.50. The molecule has 0 aliphatic rings. The number of ether oxygens (including phenoxy) is 4. The first kappa shape index (κ1) is 16.8. The van der Waals surface area contributed by atoms with Gasteiger partial charge in [-0.2, -0.15) is 0 Å². The Balaban J connectivity index is 2.65. The molecule has 0 radical (unpaired) electrons. The highest BCUT2D eigenvalue weighted by Gasteiger charge is 2.08. The van der Waals surface area contributed by atoms with Crippen LogP contribution in [0.25, 0.3) is 0 Å². The van der Waals surface area contributed by atoms with Crippen LogP contribution in [-0.4, -0.2) is 47.2 Å². The molecule has 0 fully saturated rings. The Hall–Kier alpha value is -1.30. The average Bonchev–Trinajstić information content (AvgIpc) is 2.49. The molecule has 1 N–H and O–H groups in total. The van der Waals surface area contributed by atoms with E-state index in [0.717, 1.165) is 30.2 Å². The minimum absolute atomic E-state index is 0.0514. The Morgan fingerprint density at radius 3 is 2.65 bits per heavy atom. The average molecular weight is 283 g/mol. The van der Waals surface area contributed by atoms with Crippen molar-refractivity contribution >= 4 is 0 Å². The van der Waals surface area contributed by atoms with Gasteiger partial charge < -0.3 is 24.3 Å². The number of rotatable bonds is 10. The molecule has 20 heavy (non-hydrogen) atoms. The summed E-state index contributed by atoms with van der Waals surface area (Å²) in [5.74, 6) is 1.60. The van der Waals surface area contributed by atoms with Gasteiger partial charge in [-0.05, 0) is 13.0 Å². The molecule has 1 aromatic rings. The Morgan fingerprint density at radius 1 is 1.20 bits per heavy atom. The van der Waals surface area contributed by atoms with Crippen LogP contribution in [0.2, 0.25) is 0 Å². The van der Waals surface area contributed by atoms with Crippen molar-refractivity contribution in [3.8, 4) is 11.5 Å². The van der Waals surface area contributed by atoms with Crippen LogP contribution in [0, 0.1) is 0 Å². The van der Waals surface area contributed by atoms with Crippen LogP contribution in [0.4, 0.5) is 0 Å². The van der Waals surface area contributed by atoms with Gasteiger partial charge in [0, 0.05) is 38.9 Å². The van der Waals surface area contributed by atoms with Crippen LogP contribution in [-0.2, 0) is 16.0 Å². The SMILES string of the molecule is COCCNCc1ccc(OC)cc1OCC(C)OC. The Morgan fingerprint density at radius 2 is 2.00 bits per heavy atom. The van der Waals surface area contributed by atoms with Crippen molar-refractivity contribution in [1.29, 1.82) is 0 Å². The third-order valence-electron chi connectivity index (χ3n) is 2.95. The molecule has 0 aliphatic heterocycles. The Bertz CT molecular complexity index is 384. The standard InChI is InChI=1S/C15H25NO4/c1-12(18-3)11-20-15-9-14(19-4)6-5-13(15)10-16-7-8-17-2/h5-6,9,12,16H,7-8,10-11H2,1-4H3. The van der Waals surface area contributed by atoms with Crippen LogP contribution in [0.15, 0.2) is 18.2 Å². The van der Waals surface area contributed by atoms with Gasteiger partial charge in [0.1, 0.15) is 18.1 Å². The summed E-state index contributed by atoms with van der Waals surface area (Å²) in [7, 11) is 5.01. The van der Waals surface area contributed by atoms with Crippen LogP contribution in [0.1, 0.15) is 12.5 Å². The summed E-state index contributed by atoms with van der Waals surface area (Å²) in [6.45, 7) is 4.69. The zero-order valence-electron chi connectivity index (χ0n) is 12.8. The lowest BCUT2D eigenvalue weighted by Crippen LogP contribution is -2.20. The molecular weight excluding hydrogens is 258 g/mol. The minimum Gasteiger partial charge on any atom is -0.497 e. The second-order valence-electron chi connectivity index (χ2n) is 4.50. The Kier molecular flexibility index (Phi) is 8.02. The van der Waals surface area contributed by atoms with Gasteiger partial charge in [-0.1, -0.05) is 6.07 Å². The zero-order valence-corrected chi connectivity index (χ0v) is 12.8. The number of methoxy groups -OCH3 is 3. The van der Waals surface area contributed by atoms with E-state index in [9.17, 15) is 0 Å². The molecule has 0 bridgehead atoms. The smallest absolute Gasteiger partial charge is 0.127 e. The molecule has 1 atom stereocenters. The lowest BCUT2D eigenvalue weighted by atomic mass is 10.2. The quantitative estimate of drug-likeness (QED) is 0.664. The summed E-state index contributed by atoms with van der Waals surface area (Å²) in [5, 5.41) is 3.31. The van der Waals surface area contributed by atoms with Gasteiger partial charge in [-0.25, -0.2) is 0 Å². The van der Waals surface area contributed by atoms with Gasteiger partial charge >= 0.3 is 0 Å².